The van der Waals surface area contributed by atoms with Gasteiger partial charge in [0.2, 0.25) is 5.91 Å². The Hall–Kier alpha value is -2.35. The lowest BCUT2D eigenvalue weighted by atomic mass is 10.1. The molecule has 98 valence electrons. The predicted molar refractivity (Wildman–Crippen MR) is 69.3 cm³/mol. The van der Waals surface area contributed by atoms with Gasteiger partial charge in [-0.25, -0.2) is 0 Å². The van der Waals surface area contributed by atoms with Crippen LogP contribution in [0.3, 0.4) is 0 Å². The molecule has 2 N–H and O–H groups in total. The van der Waals surface area contributed by atoms with Crippen LogP contribution in [0.1, 0.15) is 35.2 Å². The van der Waals surface area contributed by atoms with E-state index in [4.69, 9.17) is 5.26 Å². The number of nitrogens with one attached hydrogen (secondary N) is 2. The molecule has 2 rings (SSSR count). The van der Waals surface area contributed by atoms with E-state index >= 15 is 0 Å². The van der Waals surface area contributed by atoms with Gasteiger partial charge in [0.15, 0.2) is 0 Å². The predicted octanol–water partition coefficient (Wildman–Crippen LogP) is 0.957. The zero-order valence-corrected chi connectivity index (χ0v) is 10.5. The fraction of sp³-hybridized carbons (Fsp3) is 0.357. The van der Waals surface area contributed by atoms with E-state index < -0.39 is 6.04 Å². The van der Waals surface area contributed by atoms with Crippen LogP contribution in [0.25, 0.3) is 0 Å². The third kappa shape index (κ3) is 3.32. The van der Waals surface area contributed by atoms with E-state index in [2.05, 4.69) is 10.6 Å². The molecule has 1 aromatic carbocycles. The van der Waals surface area contributed by atoms with Crippen LogP contribution in [0, 0.1) is 11.3 Å². The zero-order chi connectivity index (χ0) is 13.7. The molecule has 1 aromatic rings. The van der Waals surface area contributed by atoms with Crippen molar-refractivity contribution in [1.29, 1.82) is 5.26 Å². The van der Waals surface area contributed by atoms with Crippen molar-refractivity contribution in [1.82, 2.24) is 10.6 Å². The lowest BCUT2D eigenvalue weighted by Gasteiger charge is -2.15. The van der Waals surface area contributed by atoms with Gasteiger partial charge in [0.05, 0.1) is 11.6 Å². The quantitative estimate of drug-likeness (QED) is 0.827. The van der Waals surface area contributed by atoms with E-state index in [0.717, 1.165) is 12.8 Å². The van der Waals surface area contributed by atoms with Gasteiger partial charge < -0.3 is 10.6 Å². The highest BCUT2D eigenvalue weighted by molar-refractivity contribution is 5.97. The molecule has 0 spiro atoms. The first-order chi connectivity index (χ1) is 9.20. The van der Waals surface area contributed by atoms with Crippen LogP contribution < -0.4 is 10.6 Å². The second-order valence-corrected chi connectivity index (χ2v) is 4.50. The van der Waals surface area contributed by atoms with Crippen LogP contribution in [0.15, 0.2) is 24.3 Å². The molecule has 1 fully saturated rings. The van der Waals surface area contributed by atoms with Gasteiger partial charge in [0, 0.05) is 12.1 Å². The summed E-state index contributed by atoms with van der Waals surface area (Å²) in [7, 11) is 0. The summed E-state index contributed by atoms with van der Waals surface area (Å²) in [6, 6.07) is 7.87. The molecule has 1 aliphatic rings. The lowest BCUT2D eigenvalue weighted by molar-refractivity contribution is -0.122. The molecule has 1 heterocycles. The zero-order valence-electron chi connectivity index (χ0n) is 10.5. The average molecular weight is 257 g/mol. The van der Waals surface area contributed by atoms with Gasteiger partial charge in [0.1, 0.15) is 6.04 Å². The Balaban J connectivity index is 2.03. The number of carbonyl (C=O) groups excluding carboxylic acids is 2. The number of rotatable bonds is 2. The minimum atomic E-state index is -0.467. The van der Waals surface area contributed by atoms with Crippen molar-refractivity contribution in [2.45, 2.75) is 25.3 Å². The molecule has 19 heavy (non-hydrogen) atoms. The molecule has 5 heteroatoms. The summed E-state index contributed by atoms with van der Waals surface area (Å²) in [5.41, 5.74) is 0.958. The maximum absolute atomic E-state index is 12.0. The normalized spacial score (nSPS) is 18.9. The molecule has 1 atom stereocenters. The average Bonchev–Trinajstić information content (AvgIpc) is 2.64. The molecule has 0 aliphatic carbocycles. The van der Waals surface area contributed by atoms with Crippen molar-refractivity contribution in [3.63, 3.8) is 0 Å². The Morgan fingerprint density at radius 1 is 1.32 bits per heavy atom. The number of amides is 2. The Morgan fingerprint density at radius 3 is 2.74 bits per heavy atom. The number of hydrogen-bond acceptors (Lipinski definition) is 3. The van der Waals surface area contributed by atoms with Crippen molar-refractivity contribution in [3.05, 3.63) is 35.4 Å². The standard InChI is InChI=1S/C14H15N3O2/c15-9-10-4-6-11(7-5-10)13(18)17-12-3-1-2-8-16-14(12)19/h4-7,12H,1-3,8H2,(H,16,19)(H,17,18). The first-order valence-electron chi connectivity index (χ1n) is 6.29. The highest BCUT2D eigenvalue weighted by atomic mass is 16.2. The van der Waals surface area contributed by atoms with Crippen LogP contribution >= 0.6 is 0 Å². The van der Waals surface area contributed by atoms with Crippen LogP contribution in [-0.2, 0) is 4.79 Å². The van der Waals surface area contributed by atoms with Gasteiger partial charge in [-0.15, -0.1) is 0 Å². The largest absolute Gasteiger partial charge is 0.354 e. The van der Waals surface area contributed by atoms with E-state index in [1.165, 1.54) is 0 Å². The molecule has 1 aliphatic heterocycles. The SMILES string of the molecule is N#Cc1ccc(C(=O)NC2CCCCNC2=O)cc1. The fourth-order valence-electron chi connectivity index (χ4n) is 2.01. The Kier molecular flexibility index (Phi) is 4.14. The Morgan fingerprint density at radius 2 is 2.05 bits per heavy atom. The molecule has 0 saturated carbocycles. The van der Waals surface area contributed by atoms with Crippen molar-refractivity contribution in [2.24, 2.45) is 0 Å². The number of carbonyl (C=O) groups is 2. The van der Waals surface area contributed by atoms with E-state index in [9.17, 15) is 9.59 Å². The molecule has 0 radical (unpaired) electrons. The number of nitriles is 1. The number of benzene rings is 1. The molecular weight excluding hydrogens is 242 g/mol. The summed E-state index contributed by atoms with van der Waals surface area (Å²) in [6.45, 7) is 0.669. The van der Waals surface area contributed by atoms with Gasteiger partial charge in [-0.2, -0.15) is 5.26 Å². The summed E-state index contributed by atoms with van der Waals surface area (Å²) >= 11 is 0. The molecule has 2 amide bonds. The first kappa shape index (κ1) is 13.1. The lowest BCUT2D eigenvalue weighted by Crippen LogP contribution is -2.45. The van der Waals surface area contributed by atoms with Gasteiger partial charge in [-0.05, 0) is 43.5 Å². The van der Waals surface area contributed by atoms with Gasteiger partial charge in [-0.3, -0.25) is 9.59 Å². The van der Waals surface area contributed by atoms with Gasteiger partial charge >= 0.3 is 0 Å². The molecule has 1 unspecified atom stereocenters. The van der Waals surface area contributed by atoms with Crippen molar-refractivity contribution >= 4 is 11.8 Å². The third-order valence-electron chi connectivity index (χ3n) is 3.12. The number of nitrogens with zero attached hydrogens (tertiary/aromatic N) is 1. The molecule has 0 aromatic heterocycles. The topological polar surface area (TPSA) is 82.0 Å². The summed E-state index contributed by atoms with van der Waals surface area (Å²) in [5.74, 6) is -0.411. The second-order valence-electron chi connectivity index (χ2n) is 4.50. The smallest absolute Gasteiger partial charge is 0.251 e. The summed E-state index contributed by atoms with van der Waals surface area (Å²) < 4.78 is 0. The van der Waals surface area contributed by atoms with Crippen LogP contribution in [-0.4, -0.2) is 24.4 Å². The minimum absolute atomic E-state index is 0.125. The molecule has 5 nitrogen and oxygen atoms in total. The monoisotopic (exact) mass is 257 g/mol. The summed E-state index contributed by atoms with van der Waals surface area (Å²) in [6.07, 6.45) is 2.51. The second kappa shape index (κ2) is 6.01. The Labute approximate surface area is 111 Å². The number of hydrogen-bond donors (Lipinski definition) is 2. The van der Waals surface area contributed by atoms with E-state index in [-0.39, 0.29) is 11.8 Å². The molecule has 0 bridgehead atoms. The summed E-state index contributed by atoms with van der Waals surface area (Å²) in [5, 5.41) is 14.2. The van der Waals surface area contributed by atoms with Gasteiger partial charge in [0.25, 0.3) is 5.91 Å². The van der Waals surface area contributed by atoms with Crippen molar-refractivity contribution in [2.75, 3.05) is 6.54 Å². The molecular formula is C14H15N3O2. The van der Waals surface area contributed by atoms with E-state index in [1.54, 1.807) is 24.3 Å². The third-order valence-corrected chi connectivity index (χ3v) is 3.12. The van der Waals surface area contributed by atoms with E-state index in [1.807, 2.05) is 6.07 Å². The molecule has 1 saturated heterocycles. The van der Waals surface area contributed by atoms with Crippen LogP contribution in [0.2, 0.25) is 0 Å². The fourth-order valence-corrected chi connectivity index (χ4v) is 2.01. The minimum Gasteiger partial charge on any atom is -0.354 e. The van der Waals surface area contributed by atoms with Crippen molar-refractivity contribution in [3.8, 4) is 6.07 Å². The highest BCUT2D eigenvalue weighted by Crippen LogP contribution is 2.08. The maximum Gasteiger partial charge on any atom is 0.251 e. The van der Waals surface area contributed by atoms with Crippen LogP contribution in [0.4, 0.5) is 0 Å². The highest BCUT2D eigenvalue weighted by Gasteiger charge is 2.22. The summed E-state index contributed by atoms with van der Waals surface area (Å²) in [4.78, 5) is 23.7. The van der Waals surface area contributed by atoms with Crippen molar-refractivity contribution < 1.29 is 9.59 Å². The van der Waals surface area contributed by atoms with E-state index in [0.29, 0.717) is 24.1 Å². The van der Waals surface area contributed by atoms with Gasteiger partial charge in [-0.1, -0.05) is 0 Å². The van der Waals surface area contributed by atoms with Crippen LogP contribution in [0.5, 0.6) is 0 Å². The first-order valence-corrected chi connectivity index (χ1v) is 6.29. The Bertz CT molecular complexity index is 516. The maximum atomic E-state index is 12.0.